The van der Waals surface area contributed by atoms with E-state index in [-0.39, 0.29) is 0 Å². The van der Waals surface area contributed by atoms with Gasteiger partial charge in [0.15, 0.2) is 0 Å². The first-order chi connectivity index (χ1) is 44.1. The molecule has 17 rings (SSSR count). The minimum absolute atomic E-state index is 0.854. The average Bonchev–Trinajstić information content (AvgIpc) is 3.29. The van der Waals surface area contributed by atoms with Gasteiger partial charge in [-0.2, -0.15) is 0 Å². The van der Waals surface area contributed by atoms with Gasteiger partial charge in [0.1, 0.15) is 33.5 Å². The van der Waals surface area contributed by atoms with Gasteiger partial charge in [0.2, 0.25) is 0 Å². The minimum atomic E-state index is 0.854. The van der Waals surface area contributed by atoms with Gasteiger partial charge in [0.05, 0.1) is 0 Å². The van der Waals surface area contributed by atoms with Crippen molar-refractivity contribution in [1.82, 2.24) is 0 Å². The fourth-order valence-corrected chi connectivity index (χ4v) is 13.1. The number of rotatable bonds is 12. The van der Waals surface area contributed by atoms with Crippen molar-refractivity contribution in [2.24, 2.45) is 0 Å². The molecule has 0 aliphatic heterocycles. The van der Waals surface area contributed by atoms with Crippen LogP contribution in [0, 0.1) is 0 Å². The van der Waals surface area contributed by atoms with Crippen LogP contribution in [-0.4, -0.2) is 0 Å². The molecule has 0 saturated heterocycles. The Bertz CT molecular complexity index is 5450. The van der Waals surface area contributed by atoms with Gasteiger partial charge >= 0.3 is 0 Å². The standard InChI is InChI=1S/C84H54N2O3/c1-3-15-55(16-4-1)56-31-42-65(43-32-56)86(69-50-39-59(40-51-69)71-24-13-27-76-74-22-8-10-30-80(74)88-83(71)76)66-44-33-57(34-45-66)61-17-11-18-62(53-61)63-41-52-81-78(54-63)77-28-14-25-72(84(77)89-81)60-37-48-68(49-38-60)85(64-19-5-2-6-20-64)67-46-35-58(36-47-67)70-23-12-26-75-73-21-7-9-29-79(73)87-82(70)75/h1-54H. The Morgan fingerprint density at radius 3 is 0.899 bits per heavy atom. The Morgan fingerprint density at radius 1 is 0.169 bits per heavy atom. The molecule has 0 fully saturated rings. The van der Waals surface area contributed by atoms with E-state index < -0.39 is 0 Å². The van der Waals surface area contributed by atoms with Crippen molar-refractivity contribution in [3.05, 3.63) is 328 Å². The number of para-hydroxylation sites is 6. The summed E-state index contributed by atoms with van der Waals surface area (Å²) >= 11 is 0. The summed E-state index contributed by atoms with van der Waals surface area (Å²) in [6, 6.07) is 117. The predicted octanol–water partition coefficient (Wildman–Crippen LogP) is 24.3. The molecular weight excluding hydrogens is 1080 g/mol. The van der Waals surface area contributed by atoms with Crippen LogP contribution in [0.1, 0.15) is 0 Å². The zero-order valence-electron chi connectivity index (χ0n) is 48.3. The van der Waals surface area contributed by atoms with Gasteiger partial charge in [-0.15, -0.1) is 0 Å². The second-order valence-electron chi connectivity index (χ2n) is 22.7. The first-order valence-electron chi connectivity index (χ1n) is 30.2. The maximum absolute atomic E-state index is 6.78. The highest BCUT2D eigenvalue weighted by molar-refractivity contribution is 6.12. The Labute approximate surface area is 514 Å². The topological polar surface area (TPSA) is 45.9 Å². The summed E-state index contributed by atoms with van der Waals surface area (Å²) in [6.45, 7) is 0. The summed E-state index contributed by atoms with van der Waals surface area (Å²) in [5, 5.41) is 6.66. The summed E-state index contributed by atoms with van der Waals surface area (Å²) in [5.74, 6) is 0. The average molecular weight is 1140 g/mol. The molecule has 3 aromatic heterocycles. The number of nitrogens with zero attached hydrogens (tertiary/aromatic N) is 2. The first-order valence-corrected chi connectivity index (χ1v) is 30.2. The van der Waals surface area contributed by atoms with Gasteiger partial charge in [-0.25, -0.2) is 0 Å². The van der Waals surface area contributed by atoms with Crippen molar-refractivity contribution in [1.29, 1.82) is 0 Å². The highest BCUT2D eigenvalue weighted by Gasteiger charge is 2.20. The van der Waals surface area contributed by atoms with Crippen LogP contribution in [0.15, 0.2) is 341 Å². The van der Waals surface area contributed by atoms with Gasteiger partial charge in [0.25, 0.3) is 0 Å². The lowest BCUT2D eigenvalue weighted by Crippen LogP contribution is -2.09. The molecule has 17 aromatic rings. The summed E-state index contributed by atoms with van der Waals surface area (Å²) < 4.78 is 19.7. The third-order valence-corrected chi connectivity index (χ3v) is 17.5. The van der Waals surface area contributed by atoms with E-state index in [1.807, 2.05) is 24.3 Å². The zero-order chi connectivity index (χ0) is 58.8. The van der Waals surface area contributed by atoms with E-state index >= 15 is 0 Å². The van der Waals surface area contributed by atoms with Crippen LogP contribution in [0.2, 0.25) is 0 Å². The predicted molar refractivity (Wildman–Crippen MR) is 370 cm³/mol. The van der Waals surface area contributed by atoms with Crippen molar-refractivity contribution in [2.75, 3.05) is 9.80 Å². The summed E-state index contributed by atoms with van der Waals surface area (Å²) in [4.78, 5) is 4.63. The summed E-state index contributed by atoms with van der Waals surface area (Å²) in [7, 11) is 0. The first kappa shape index (κ1) is 51.5. The van der Waals surface area contributed by atoms with Crippen LogP contribution >= 0.6 is 0 Å². The van der Waals surface area contributed by atoms with E-state index in [2.05, 4.69) is 313 Å². The molecule has 14 aromatic carbocycles. The third kappa shape index (κ3) is 9.20. The van der Waals surface area contributed by atoms with Crippen LogP contribution in [0.5, 0.6) is 0 Å². The number of fused-ring (bicyclic) bond motifs is 9. The van der Waals surface area contributed by atoms with Crippen LogP contribution in [0.3, 0.4) is 0 Å². The number of furan rings is 3. The van der Waals surface area contributed by atoms with Crippen LogP contribution in [0.4, 0.5) is 34.1 Å². The molecule has 0 saturated carbocycles. The van der Waals surface area contributed by atoms with E-state index in [1.165, 1.54) is 11.1 Å². The molecule has 0 N–H and O–H groups in total. The zero-order valence-corrected chi connectivity index (χ0v) is 48.3. The lowest BCUT2D eigenvalue weighted by Gasteiger charge is -2.26. The molecule has 89 heavy (non-hydrogen) atoms. The normalized spacial score (nSPS) is 11.6. The highest BCUT2D eigenvalue weighted by atomic mass is 16.3. The maximum Gasteiger partial charge on any atom is 0.143 e. The van der Waals surface area contributed by atoms with Crippen molar-refractivity contribution >= 4 is 99.9 Å². The third-order valence-electron chi connectivity index (χ3n) is 17.5. The van der Waals surface area contributed by atoms with Crippen molar-refractivity contribution in [3.63, 3.8) is 0 Å². The molecule has 0 radical (unpaired) electrons. The molecule has 0 aliphatic carbocycles. The van der Waals surface area contributed by atoms with E-state index in [1.54, 1.807) is 0 Å². The SMILES string of the molecule is c1ccc(-c2ccc(N(c3ccc(-c4cccc(-c5ccc6oc7c(-c8ccc(N(c9ccccc9)c9ccc(-c%10cccc%11c%10oc%10ccccc%10%11)cc9)cc8)cccc7c6c5)c4)cc3)c3ccc(-c4cccc5c4oc4ccccc45)cc3)cc2)cc1. The minimum Gasteiger partial charge on any atom is -0.455 e. The van der Waals surface area contributed by atoms with E-state index in [0.717, 1.165) is 156 Å². The largest absolute Gasteiger partial charge is 0.455 e. The molecule has 0 unspecified atom stereocenters. The van der Waals surface area contributed by atoms with Gasteiger partial charge in [-0.3, -0.25) is 0 Å². The monoisotopic (exact) mass is 1140 g/mol. The quantitative estimate of drug-likeness (QED) is 0.122. The van der Waals surface area contributed by atoms with Crippen molar-refractivity contribution in [2.45, 2.75) is 0 Å². The van der Waals surface area contributed by atoms with Crippen molar-refractivity contribution in [3.8, 4) is 66.8 Å². The number of anilines is 6. The second-order valence-corrected chi connectivity index (χ2v) is 22.7. The second kappa shape index (κ2) is 21.5. The smallest absolute Gasteiger partial charge is 0.143 e. The van der Waals surface area contributed by atoms with Crippen molar-refractivity contribution < 1.29 is 13.3 Å². The molecule has 418 valence electrons. The van der Waals surface area contributed by atoms with E-state index in [4.69, 9.17) is 13.3 Å². The molecule has 0 bridgehead atoms. The molecule has 5 heteroatoms. The molecule has 3 heterocycles. The molecule has 0 amide bonds. The molecule has 5 nitrogen and oxygen atoms in total. The molecule has 0 spiro atoms. The van der Waals surface area contributed by atoms with E-state index in [0.29, 0.717) is 0 Å². The van der Waals surface area contributed by atoms with Crippen LogP contribution in [-0.2, 0) is 0 Å². The molecule has 0 atom stereocenters. The molecule has 0 aliphatic rings. The fraction of sp³-hybridized carbons (Fsp3) is 0. The highest BCUT2D eigenvalue weighted by Crippen LogP contribution is 2.44. The van der Waals surface area contributed by atoms with Gasteiger partial charge in [0, 0.05) is 83.1 Å². The lowest BCUT2D eigenvalue weighted by molar-refractivity contribution is 0.669. The Hall–Kier alpha value is -11.9. The maximum atomic E-state index is 6.78. The van der Waals surface area contributed by atoms with Gasteiger partial charge < -0.3 is 23.1 Å². The number of hydrogen-bond acceptors (Lipinski definition) is 5. The summed E-state index contributed by atoms with van der Waals surface area (Å²) in [6.07, 6.45) is 0. The van der Waals surface area contributed by atoms with Gasteiger partial charge in [-0.1, -0.05) is 224 Å². The molecular formula is C84H54N2O3. The Balaban J connectivity index is 0.654. The van der Waals surface area contributed by atoms with E-state index in [9.17, 15) is 0 Å². The Morgan fingerprint density at radius 2 is 0.449 bits per heavy atom. The Kier molecular flexibility index (Phi) is 12.5. The van der Waals surface area contributed by atoms with Crippen LogP contribution in [0.25, 0.3) is 133 Å². The number of benzene rings is 14. The summed E-state index contributed by atoms with van der Waals surface area (Å²) in [5.41, 5.74) is 25.0. The fourth-order valence-electron chi connectivity index (χ4n) is 13.1. The van der Waals surface area contributed by atoms with Gasteiger partial charge in [-0.05, 0) is 153 Å². The number of hydrogen-bond donors (Lipinski definition) is 0. The lowest BCUT2D eigenvalue weighted by atomic mass is 9.97. The van der Waals surface area contributed by atoms with Crippen LogP contribution < -0.4 is 9.80 Å².